The number of aryl methyl sites for hydroxylation is 1. The van der Waals surface area contributed by atoms with Crippen LogP contribution in [0.5, 0.6) is 0 Å². The van der Waals surface area contributed by atoms with Gasteiger partial charge in [0, 0.05) is 51.5 Å². The lowest BCUT2D eigenvalue weighted by Gasteiger charge is -2.40. The van der Waals surface area contributed by atoms with E-state index in [0.29, 0.717) is 99.4 Å². The lowest BCUT2D eigenvalue weighted by Crippen LogP contribution is -2.51. The van der Waals surface area contributed by atoms with E-state index in [4.69, 9.17) is 44.4 Å². The van der Waals surface area contributed by atoms with E-state index in [2.05, 4.69) is 26.6 Å². The second-order valence-corrected chi connectivity index (χ2v) is 28.3. The molecule has 92 heavy (non-hydrogen) atoms. The van der Waals surface area contributed by atoms with Crippen LogP contribution < -0.4 is 31.5 Å². The monoisotopic (exact) mass is 1370 g/mol. The summed E-state index contributed by atoms with van der Waals surface area (Å²) < 4.78 is 11.4. The number of aliphatic carboxylic acids is 2. The summed E-state index contributed by atoms with van der Waals surface area (Å²) in [6, 6.07) is 8.87. The number of aromatic nitrogens is 7. The fourth-order valence-electron chi connectivity index (χ4n) is 10.8. The SMILES string of the molecule is CNC(O)C[C@@H]1NC(=O)c2csc(n2)-c2ccc(-c3nc(N(C(=O)OC4CCC(C(=O)O)CC4)C4CC(C(=O)O)C4)cs3)nc2-c2csc(n2)-c2csc(n2)[C@H]([C@@H](O)c2ccccc2)NC(=O)CNC(=O)c2nc(sc2COC)C(C(C)C)NC(=O)c2nc1sc2C. The Labute approximate surface area is 550 Å². The third-order valence-electron chi connectivity index (χ3n) is 15.9. The molecule has 2 aliphatic carbocycles. The van der Waals surface area contributed by atoms with Crippen molar-refractivity contribution in [3.8, 4) is 43.4 Å². The minimum Gasteiger partial charge on any atom is -0.481 e. The first kappa shape index (κ1) is 65.6. The highest BCUT2D eigenvalue weighted by molar-refractivity contribution is 7.15. The molecule has 0 radical (unpaired) electrons. The molecule has 32 heteroatoms. The highest BCUT2D eigenvalue weighted by Gasteiger charge is 2.43. The van der Waals surface area contributed by atoms with E-state index in [1.165, 1.54) is 57.4 Å². The molecule has 2 unspecified atom stereocenters. The second kappa shape index (κ2) is 28.5. The van der Waals surface area contributed by atoms with Gasteiger partial charge in [-0.3, -0.25) is 39.0 Å². The quantitative estimate of drug-likeness (QED) is 0.0460. The van der Waals surface area contributed by atoms with E-state index in [1.807, 2.05) is 13.8 Å². The van der Waals surface area contributed by atoms with Gasteiger partial charge in [-0.15, -0.1) is 68.0 Å². The van der Waals surface area contributed by atoms with E-state index < -0.39 is 103 Å². The van der Waals surface area contributed by atoms with Crippen LogP contribution >= 0.6 is 68.0 Å². The number of carbonyl (C=O) groups is 7. The minimum absolute atomic E-state index is 0.00734. The number of thiazole rings is 6. The van der Waals surface area contributed by atoms with E-state index in [1.54, 1.807) is 78.0 Å². The maximum absolute atomic E-state index is 14.5. The molecule has 482 valence electrons. The summed E-state index contributed by atoms with van der Waals surface area (Å²) in [5.41, 5.74) is 2.45. The van der Waals surface area contributed by atoms with Crippen molar-refractivity contribution in [3.05, 3.63) is 111 Å². The first-order chi connectivity index (χ1) is 44.2. The van der Waals surface area contributed by atoms with Crippen LogP contribution in [0.2, 0.25) is 0 Å². The number of pyridine rings is 1. The van der Waals surface area contributed by atoms with Gasteiger partial charge in [0.2, 0.25) is 5.91 Å². The largest absolute Gasteiger partial charge is 0.481 e. The van der Waals surface area contributed by atoms with Crippen molar-refractivity contribution < 1.29 is 63.5 Å². The summed E-state index contributed by atoms with van der Waals surface area (Å²) in [4.78, 5) is 131. The van der Waals surface area contributed by atoms with Gasteiger partial charge in [0.15, 0.2) is 0 Å². The van der Waals surface area contributed by atoms with Crippen LogP contribution in [-0.4, -0.2) is 136 Å². The number of nitrogens with one attached hydrogen (secondary N) is 5. The number of carboxylic acid groups (broad SMARTS) is 2. The first-order valence-electron chi connectivity index (χ1n) is 29.3. The van der Waals surface area contributed by atoms with Gasteiger partial charge in [0.25, 0.3) is 17.7 Å². The molecule has 5 atom stereocenters. The van der Waals surface area contributed by atoms with Crippen molar-refractivity contribution in [1.82, 2.24) is 61.5 Å². The molecule has 8 aromatic rings. The van der Waals surface area contributed by atoms with Crippen molar-refractivity contribution in [2.45, 2.75) is 115 Å². The third-order valence-corrected chi connectivity index (χ3v) is 21.6. The fourth-order valence-corrected chi connectivity index (χ4v) is 16.4. The Bertz CT molecular complexity index is 4040. The van der Waals surface area contributed by atoms with Gasteiger partial charge < -0.3 is 51.2 Å². The van der Waals surface area contributed by atoms with E-state index in [-0.39, 0.29) is 54.7 Å². The number of aliphatic hydroxyl groups is 2. The second-order valence-electron chi connectivity index (χ2n) is 22.5. The fraction of sp³-hybridized carbons (Fsp3) is 0.400. The van der Waals surface area contributed by atoms with Crippen LogP contribution in [0.1, 0.15) is 145 Å². The van der Waals surface area contributed by atoms with Crippen LogP contribution in [0.4, 0.5) is 10.6 Å². The zero-order valence-electron chi connectivity index (χ0n) is 50.0. The normalized spacial score (nSPS) is 21.2. The van der Waals surface area contributed by atoms with E-state index >= 15 is 0 Å². The molecule has 7 aromatic heterocycles. The molecule has 3 aliphatic rings. The molecule has 1 aromatic carbocycles. The lowest BCUT2D eigenvalue weighted by molar-refractivity contribution is -0.145. The number of carboxylic acids is 2. The summed E-state index contributed by atoms with van der Waals surface area (Å²) in [5.74, 6) is -5.64. The van der Waals surface area contributed by atoms with Crippen LogP contribution in [-0.2, 0) is 30.5 Å². The smallest absolute Gasteiger partial charge is 0.416 e. The van der Waals surface area contributed by atoms with Gasteiger partial charge >= 0.3 is 18.0 Å². The minimum atomic E-state index is -1.31. The number of rotatable bonds is 14. The average Bonchev–Trinajstić information content (AvgIpc) is 1.67. The molecule has 1 aliphatic heterocycles. The summed E-state index contributed by atoms with van der Waals surface area (Å²) in [6.45, 7) is 4.94. The number of fused-ring (bicyclic) bond motifs is 14. The molecule has 10 bridgehead atoms. The van der Waals surface area contributed by atoms with Gasteiger partial charge in [0.05, 0.1) is 47.6 Å². The van der Waals surface area contributed by atoms with Crippen molar-refractivity contribution in [3.63, 3.8) is 0 Å². The molecular weight excluding hydrogens is 1300 g/mol. The van der Waals surface area contributed by atoms with Crippen molar-refractivity contribution in [1.29, 1.82) is 0 Å². The third kappa shape index (κ3) is 14.5. The number of benzene rings is 1. The Morgan fingerprint density at radius 3 is 2.08 bits per heavy atom. The highest BCUT2D eigenvalue weighted by atomic mass is 32.1. The molecule has 26 nitrogen and oxygen atoms in total. The molecular formula is C60H63N13O13S6. The first-order valence-corrected chi connectivity index (χ1v) is 34.4. The summed E-state index contributed by atoms with van der Waals surface area (Å²) >= 11 is 7.08. The predicted octanol–water partition coefficient (Wildman–Crippen LogP) is 8.55. The number of anilines is 1. The van der Waals surface area contributed by atoms with Gasteiger partial charge in [-0.2, -0.15) is 0 Å². The van der Waals surface area contributed by atoms with Gasteiger partial charge in [-0.25, -0.2) is 39.7 Å². The maximum atomic E-state index is 14.5. The number of methoxy groups -OCH3 is 1. The number of aliphatic hydroxyl groups excluding tert-OH is 2. The summed E-state index contributed by atoms with van der Waals surface area (Å²) in [7, 11) is 3.02. The molecule has 0 saturated heterocycles. The van der Waals surface area contributed by atoms with Crippen molar-refractivity contribution in [2.75, 3.05) is 25.6 Å². The number of hydrogen-bond donors (Lipinski definition) is 9. The van der Waals surface area contributed by atoms with Crippen LogP contribution in [0, 0.1) is 24.7 Å². The Morgan fingerprint density at radius 1 is 0.674 bits per heavy atom. The number of carbonyl (C=O) groups excluding carboxylic acids is 5. The molecule has 5 amide bonds. The van der Waals surface area contributed by atoms with E-state index in [9.17, 15) is 54.0 Å². The number of amides is 5. The average molecular weight is 1370 g/mol. The standard InChI is InChI=1S/C60H63N13O13S6/c1-26(2)43-57-72-46(39(92-57)21-85-5)50(78)62-20-42(75)69-47(48(76)28-9-7-6-8-10-28)56-67-38(24-89-56)54-65-36(22-88-54)45-33(52-66-37(23-87-52)49(77)64-35(19-41(74)61-4)55-71-44(27(3)91-55)51(79)70-43)15-16-34(63-45)53-68-40(25-90-53)73(31-17-30(18-31)59(82)83)60(84)86-32-13-11-29(12-14-32)58(80)81/h6-10,15-16,22-26,29-32,35,41,43,47-48,61,74,76H,11-14,17-21H2,1-5H3,(H,62,78)(H,64,77)(H,69,75)(H,70,79)(H,80,81)(H,82,83)/t29?,30?,31?,32?,35-,41?,43?,47-,48-/m0/s1. The predicted molar refractivity (Wildman–Crippen MR) is 344 cm³/mol. The molecule has 11 rings (SSSR count). The Kier molecular flexibility index (Phi) is 20.3. The molecule has 2 fully saturated rings. The molecule has 2 saturated carbocycles. The number of hydrogen-bond acceptors (Lipinski definition) is 25. The van der Waals surface area contributed by atoms with Crippen LogP contribution in [0.3, 0.4) is 0 Å². The highest BCUT2D eigenvalue weighted by Crippen LogP contribution is 2.42. The van der Waals surface area contributed by atoms with Crippen molar-refractivity contribution >= 4 is 115 Å². The van der Waals surface area contributed by atoms with E-state index in [0.717, 1.165) is 22.7 Å². The maximum Gasteiger partial charge on any atom is 0.416 e. The van der Waals surface area contributed by atoms with Crippen LogP contribution in [0.25, 0.3) is 43.4 Å². The van der Waals surface area contributed by atoms with Crippen LogP contribution in [0.15, 0.2) is 64.0 Å². The van der Waals surface area contributed by atoms with Gasteiger partial charge in [0.1, 0.15) is 94.5 Å². The molecule has 8 heterocycles. The Hall–Kier alpha value is -7.92. The Morgan fingerprint density at radius 2 is 1.36 bits per heavy atom. The van der Waals surface area contributed by atoms with Gasteiger partial charge in [-0.1, -0.05) is 44.2 Å². The lowest BCUT2D eigenvalue weighted by atomic mass is 9.79. The zero-order chi connectivity index (χ0) is 65.1. The number of ether oxygens (including phenoxy) is 2. The molecule has 9 N–H and O–H groups in total. The summed E-state index contributed by atoms with van der Waals surface area (Å²) in [6.07, 6.45) is -2.01. The zero-order valence-corrected chi connectivity index (χ0v) is 54.9. The number of nitrogens with zero attached hydrogens (tertiary/aromatic N) is 8. The summed E-state index contributed by atoms with van der Waals surface area (Å²) in [5, 5.41) is 65.6. The van der Waals surface area contributed by atoms with Crippen molar-refractivity contribution in [2.24, 2.45) is 17.8 Å². The van der Waals surface area contributed by atoms with Gasteiger partial charge in [-0.05, 0) is 76.1 Å². The Balaban J connectivity index is 0.973. The topological polar surface area (TPSA) is 372 Å². The molecule has 0 spiro atoms.